The van der Waals surface area contributed by atoms with Crippen LogP contribution in [0.5, 0.6) is 0 Å². The zero-order valence-corrected chi connectivity index (χ0v) is 16.5. The van der Waals surface area contributed by atoms with Crippen LogP contribution in [-0.4, -0.2) is 25.7 Å². The molecule has 1 amide bonds. The minimum Gasteiger partial charge on any atom is -0.392 e. The Kier molecular flexibility index (Phi) is 5.67. The fraction of sp³-hybridized carbons (Fsp3) is 0.300. The minimum absolute atomic E-state index is 0.253. The zero-order chi connectivity index (χ0) is 21.1. The Bertz CT molecular complexity index is 1140. The van der Waals surface area contributed by atoms with E-state index < -0.39 is 17.2 Å². The zero-order valence-electron chi connectivity index (χ0n) is 16.5. The lowest BCUT2D eigenvalue weighted by Crippen LogP contribution is -2.34. The van der Waals surface area contributed by atoms with E-state index in [4.69, 9.17) is 5.73 Å². The first-order valence-electron chi connectivity index (χ1n) is 9.30. The van der Waals surface area contributed by atoms with Crippen molar-refractivity contribution in [1.82, 2.24) is 25.1 Å². The smallest absolute Gasteiger partial charge is 0.326 e. The summed E-state index contributed by atoms with van der Waals surface area (Å²) in [6.07, 6.45) is 3.80. The van der Waals surface area contributed by atoms with E-state index in [2.05, 4.69) is 29.2 Å². The van der Waals surface area contributed by atoms with Gasteiger partial charge in [0.05, 0.1) is 12.2 Å². The van der Waals surface area contributed by atoms with Gasteiger partial charge in [0.2, 0.25) is 0 Å². The van der Waals surface area contributed by atoms with Crippen molar-refractivity contribution in [2.45, 2.75) is 33.4 Å². The second-order valence-corrected chi connectivity index (χ2v) is 7.36. The number of benzene rings is 1. The van der Waals surface area contributed by atoms with Crippen LogP contribution in [0.25, 0.3) is 11.1 Å². The Labute approximate surface area is 167 Å². The van der Waals surface area contributed by atoms with Crippen molar-refractivity contribution in [2.75, 3.05) is 5.73 Å². The largest absolute Gasteiger partial charge is 0.392 e. The van der Waals surface area contributed by atoms with Crippen molar-refractivity contribution in [1.29, 1.82) is 0 Å². The van der Waals surface area contributed by atoms with Crippen LogP contribution < -0.4 is 22.3 Å². The van der Waals surface area contributed by atoms with Crippen LogP contribution in [0.4, 0.5) is 5.69 Å². The van der Waals surface area contributed by atoms with E-state index in [0.717, 1.165) is 23.2 Å². The highest BCUT2D eigenvalue weighted by molar-refractivity contribution is 5.97. The van der Waals surface area contributed by atoms with Gasteiger partial charge in [-0.3, -0.25) is 19.3 Å². The van der Waals surface area contributed by atoms with Gasteiger partial charge in [0.25, 0.3) is 11.5 Å². The fourth-order valence-electron chi connectivity index (χ4n) is 3.00. The monoisotopic (exact) mass is 396 g/mol. The number of hydrogen-bond donors (Lipinski definition) is 4. The summed E-state index contributed by atoms with van der Waals surface area (Å²) in [7, 11) is 0. The highest BCUT2D eigenvalue weighted by Crippen LogP contribution is 2.23. The van der Waals surface area contributed by atoms with Gasteiger partial charge in [-0.1, -0.05) is 32.0 Å². The van der Waals surface area contributed by atoms with E-state index in [-0.39, 0.29) is 17.4 Å². The molecule has 0 aliphatic rings. The van der Waals surface area contributed by atoms with Gasteiger partial charge in [0.1, 0.15) is 11.4 Å². The summed E-state index contributed by atoms with van der Waals surface area (Å²) in [5.74, 6) is -0.137. The molecule has 29 heavy (non-hydrogen) atoms. The van der Waals surface area contributed by atoms with Gasteiger partial charge >= 0.3 is 5.69 Å². The number of rotatable bonds is 6. The lowest BCUT2D eigenvalue weighted by molar-refractivity contribution is 0.0935. The molecule has 152 valence electrons. The van der Waals surface area contributed by atoms with Crippen molar-refractivity contribution in [3.63, 3.8) is 0 Å². The summed E-state index contributed by atoms with van der Waals surface area (Å²) in [5, 5.41) is 7.14. The van der Waals surface area contributed by atoms with Crippen molar-refractivity contribution in [3.8, 4) is 11.1 Å². The molecule has 0 aliphatic carbocycles. The van der Waals surface area contributed by atoms with Gasteiger partial charge in [-0.2, -0.15) is 5.10 Å². The molecule has 0 radical (unpaired) electrons. The third-order valence-corrected chi connectivity index (χ3v) is 4.46. The Morgan fingerprint density at radius 3 is 2.69 bits per heavy atom. The molecule has 0 spiro atoms. The lowest BCUT2D eigenvalue weighted by Gasteiger charge is -2.15. The van der Waals surface area contributed by atoms with E-state index in [0.29, 0.717) is 5.92 Å². The first-order valence-corrected chi connectivity index (χ1v) is 9.30. The molecule has 5 N–H and O–H groups in total. The van der Waals surface area contributed by atoms with E-state index in [1.165, 1.54) is 0 Å². The standard InChI is InChI=1S/C20H24N6O3/c1-11(2)9-26-10-15(8-22-26)14-6-4-5-13(7-14)12(3)23-19(28)17-16(21)18(27)25-20(29)24-17/h4-8,10-12H,9,21H2,1-3H3,(H,23,28)(H2,24,25,27,29)/t12-/m1/s1. The summed E-state index contributed by atoms with van der Waals surface area (Å²) in [5.41, 5.74) is 6.26. The topological polar surface area (TPSA) is 139 Å². The molecule has 3 aromatic rings. The van der Waals surface area contributed by atoms with Crippen LogP contribution in [0.2, 0.25) is 0 Å². The quantitative estimate of drug-likeness (QED) is 0.502. The number of aromatic nitrogens is 4. The molecular weight excluding hydrogens is 372 g/mol. The Hall–Kier alpha value is -3.62. The molecule has 0 unspecified atom stereocenters. The highest BCUT2D eigenvalue weighted by atomic mass is 16.2. The van der Waals surface area contributed by atoms with Gasteiger partial charge in [-0.05, 0) is 30.0 Å². The molecule has 0 saturated carbocycles. The second kappa shape index (κ2) is 8.17. The normalized spacial score (nSPS) is 12.1. The summed E-state index contributed by atoms with van der Waals surface area (Å²) < 4.78 is 1.91. The number of carbonyl (C=O) groups excluding carboxylic acids is 1. The van der Waals surface area contributed by atoms with Crippen LogP contribution in [-0.2, 0) is 6.54 Å². The predicted molar refractivity (Wildman–Crippen MR) is 110 cm³/mol. The molecule has 0 saturated heterocycles. The van der Waals surface area contributed by atoms with Crippen LogP contribution in [0.3, 0.4) is 0 Å². The summed E-state index contributed by atoms with van der Waals surface area (Å²) in [6, 6.07) is 7.34. The molecule has 2 heterocycles. The molecule has 0 aliphatic heterocycles. The van der Waals surface area contributed by atoms with E-state index >= 15 is 0 Å². The van der Waals surface area contributed by atoms with Gasteiger partial charge in [0.15, 0.2) is 0 Å². The van der Waals surface area contributed by atoms with Crippen LogP contribution in [0.1, 0.15) is 42.9 Å². The molecule has 3 rings (SSSR count). The summed E-state index contributed by atoms with van der Waals surface area (Å²) >= 11 is 0. The maximum absolute atomic E-state index is 12.5. The number of amides is 1. The lowest BCUT2D eigenvalue weighted by atomic mass is 10.0. The van der Waals surface area contributed by atoms with Gasteiger partial charge in [-0.25, -0.2) is 4.79 Å². The first kappa shape index (κ1) is 20.1. The number of carbonyl (C=O) groups is 1. The third-order valence-electron chi connectivity index (χ3n) is 4.46. The SMILES string of the molecule is CC(C)Cn1cc(-c2cccc([C@@H](C)NC(=O)c3[nH]c(=O)[nH]c(=O)c3N)c2)cn1. The number of nitrogen functional groups attached to an aromatic ring is 1. The van der Waals surface area contributed by atoms with Crippen molar-refractivity contribution in [3.05, 3.63) is 68.8 Å². The van der Waals surface area contributed by atoms with Gasteiger partial charge < -0.3 is 16.0 Å². The summed E-state index contributed by atoms with van der Waals surface area (Å²) in [4.78, 5) is 39.8. The van der Waals surface area contributed by atoms with Gasteiger partial charge in [0, 0.05) is 18.3 Å². The van der Waals surface area contributed by atoms with E-state index in [9.17, 15) is 14.4 Å². The molecule has 9 heteroatoms. The second-order valence-electron chi connectivity index (χ2n) is 7.36. The number of aromatic amines is 2. The van der Waals surface area contributed by atoms with Crippen molar-refractivity contribution < 1.29 is 4.79 Å². The molecule has 2 aromatic heterocycles. The average molecular weight is 396 g/mol. The van der Waals surface area contributed by atoms with Crippen LogP contribution >= 0.6 is 0 Å². The number of hydrogen-bond acceptors (Lipinski definition) is 5. The molecule has 0 bridgehead atoms. The number of nitrogens with two attached hydrogens (primary N) is 1. The number of nitrogens with one attached hydrogen (secondary N) is 3. The van der Waals surface area contributed by atoms with E-state index in [1.54, 1.807) is 6.92 Å². The average Bonchev–Trinajstić information content (AvgIpc) is 3.12. The highest BCUT2D eigenvalue weighted by Gasteiger charge is 2.17. The van der Waals surface area contributed by atoms with Gasteiger partial charge in [-0.15, -0.1) is 0 Å². The Morgan fingerprint density at radius 2 is 1.97 bits per heavy atom. The van der Waals surface area contributed by atoms with Crippen molar-refractivity contribution in [2.24, 2.45) is 5.92 Å². The van der Waals surface area contributed by atoms with Crippen LogP contribution in [0.15, 0.2) is 46.2 Å². The predicted octanol–water partition coefficient (Wildman–Crippen LogP) is 1.66. The molecule has 9 nitrogen and oxygen atoms in total. The fourth-order valence-corrected chi connectivity index (χ4v) is 3.00. The molecular formula is C20H24N6O3. The third kappa shape index (κ3) is 4.63. The first-order chi connectivity index (χ1) is 13.7. The Balaban J connectivity index is 1.80. The number of H-pyrrole nitrogens is 2. The van der Waals surface area contributed by atoms with Crippen LogP contribution in [0, 0.1) is 5.92 Å². The minimum atomic E-state index is -0.799. The Morgan fingerprint density at radius 1 is 1.21 bits per heavy atom. The molecule has 1 atom stereocenters. The maximum Gasteiger partial charge on any atom is 0.326 e. The van der Waals surface area contributed by atoms with Crippen molar-refractivity contribution >= 4 is 11.6 Å². The number of anilines is 1. The maximum atomic E-state index is 12.5. The number of nitrogens with zero attached hydrogens (tertiary/aromatic N) is 2. The van der Waals surface area contributed by atoms with E-state index in [1.807, 2.05) is 46.3 Å². The summed E-state index contributed by atoms with van der Waals surface area (Å²) in [6.45, 7) is 6.91. The molecule has 0 fully saturated rings. The molecule has 1 aromatic carbocycles.